The average molecular weight is 295 g/mol. The highest BCUT2D eigenvalue weighted by molar-refractivity contribution is 5.94. The van der Waals surface area contributed by atoms with Crippen LogP contribution in [0, 0.1) is 28.4 Å². The third-order valence-corrected chi connectivity index (χ3v) is 3.45. The van der Waals surface area contributed by atoms with Crippen LogP contribution in [0.25, 0.3) is 0 Å². The van der Waals surface area contributed by atoms with E-state index in [0.717, 1.165) is 5.56 Å². The maximum atomic E-state index is 11.5. The van der Waals surface area contributed by atoms with Gasteiger partial charge in [-0.2, -0.15) is 5.26 Å². The fraction of sp³-hybridized carbons (Fsp3) is 0.125. The number of benzene rings is 2. The van der Waals surface area contributed by atoms with E-state index in [2.05, 4.69) is 0 Å². The molecule has 6 nitrogen and oxygen atoms in total. The molecule has 0 radical (unpaired) electrons. The van der Waals surface area contributed by atoms with Crippen molar-refractivity contribution in [3.63, 3.8) is 0 Å². The summed E-state index contributed by atoms with van der Waals surface area (Å²) in [5.41, 5.74) is 7.70. The Morgan fingerprint density at radius 1 is 1.36 bits per heavy atom. The van der Waals surface area contributed by atoms with Crippen molar-refractivity contribution in [3.8, 4) is 6.07 Å². The molecule has 0 unspecified atom stereocenters. The summed E-state index contributed by atoms with van der Waals surface area (Å²) in [6.07, 6.45) is 0.201. The monoisotopic (exact) mass is 295 g/mol. The molecule has 2 aromatic carbocycles. The van der Waals surface area contributed by atoms with Crippen LogP contribution in [0.2, 0.25) is 0 Å². The van der Waals surface area contributed by atoms with Crippen LogP contribution in [0.5, 0.6) is 0 Å². The molecule has 6 heteroatoms. The van der Waals surface area contributed by atoms with Crippen molar-refractivity contribution in [1.29, 1.82) is 5.26 Å². The summed E-state index contributed by atoms with van der Waals surface area (Å²) in [6.45, 7) is 1.82. The van der Waals surface area contributed by atoms with Gasteiger partial charge in [0.25, 0.3) is 5.69 Å². The van der Waals surface area contributed by atoms with Crippen molar-refractivity contribution < 1.29 is 9.72 Å². The highest BCUT2D eigenvalue weighted by Gasteiger charge is 2.18. The summed E-state index contributed by atoms with van der Waals surface area (Å²) in [4.78, 5) is 22.2. The normalized spacial score (nSPS) is 10.0. The topological polar surface area (TPSA) is 110 Å². The van der Waals surface area contributed by atoms with Crippen molar-refractivity contribution >= 4 is 11.6 Å². The number of rotatable bonds is 4. The van der Waals surface area contributed by atoms with E-state index in [4.69, 9.17) is 11.0 Å². The molecule has 0 atom stereocenters. The molecule has 2 rings (SSSR count). The number of amides is 1. The number of hydrogen-bond donors (Lipinski definition) is 1. The van der Waals surface area contributed by atoms with E-state index < -0.39 is 10.8 Å². The van der Waals surface area contributed by atoms with Gasteiger partial charge in [0, 0.05) is 23.6 Å². The molecule has 1 amide bonds. The fourth-order valence-corrected chi connectivity index (χ4v) is 2.31. The SMILES string of the molecule is Cc1cccc(C(N)=O)c1Cc1ccc(C#N)cc1[N+](=O)[O-]. The fourth-order valence-electron chi connectivity index (χ4n) is 2.31. The van der Waals surface area contributed by atoms with E-state index in [1.54, 1.807) is 12.1 Å². The summed E-state index contributed by atoms with van der Waals surface area (Å²) in [5, 5.41) is 20.0. The molecule has 0 fully saturated rings. The van der Waals surface area contributed by atoms with Crippen molar-refractivity contribution in [2.75, 3.05) is 0 Å². The van der Waals surface area contributed by atoms with Crippen molar-refractivity contribution in [2.24, 2.45) is 5.73 Å². The lowest BCUT2D eigenvalue weighted by atomic mass is 9.94. The minimum atomic E-state index is -0.574. The van der Waals surface area contributed by atoms with Crippen molar-refractivity contribution in [3.05, 3.63) is 74.3 Å². The lowest BCUT2D eigenvalue weighted by molar-refractivity contribution is -0.385. The molecule has 0 saturated carbocycles. The number of carbonyl (C=O) groups is 1. The second-order valence-electron chi connectivity index (χ2n) is 4.85. The maximum absolute atomic E-state index is 11.5. The van der Waals surface area contributed by atoms with Gasteiger partial charge in [0.2, 0.25) is 5.91 Å². The Hall–Kier alpha value is -3.20. The summed E-state index contributed by atoms with van der Waals surface area (Å²) in [6, 6.07) is 11.3. The highest BCUT2D eigenvalue weighted by atomic mass is 16.6. The van der Waals surface area contributed by atoms with Crippen LogP contribution < -0.4 is 5.73 Å². The zero-order valence-electron chi connectivity index (χ0n) is 11.9. The predicted octanol–water partition coefficient (Wildman–Crippen LogP) is 2.46. The van der Waals surface area contributed by atoms with Gasteiger partial charge in [-0.1, -0.05) is 18.2 Å². The molecule has 0 spiro atoms. The first kappa shape index (κ1) is 15.2. The van der Waals surface area contributed by atoms with Gasteiger partial charge >= 0.3 is 0 Å². The van der Waals surface area contributed by atoms with Gasteiger partial charge in [0.15, 0.2) is 0 Å². The molecule has 0 heterocycles. The number of nitro benzene ring substituents is 1. The Morgan fingerprint density at radius 2 is 2.09 bits per heavy atom. The maximum Gasteiger partial charge on any atom is 0.274 e. The summed E-state index contributed by atoms with van der Waals surface area (Å²) < 4.78 is 0. The van der Waals surface area contributed by atoms with Crippen LogP contribution in [0.1, 0.15) is 32.6 Å². The molecule has 0 aromatic heterocycles. The summed E-state index contributed by atoms with van der Waals surface area (Å²) in [7, 11) is 0. The average Bonchev–Trinajstić information content (AvgIpc) is 2.49. The van der Waals surface area contributed by atoms with E-state index in [1.807, 2.05) is 19.1 Å². The largest absolute Gasteiger partial charge is 0.366 e. The van der Waals surface area contributed by atoms with Gasteiger partial charge < -0.3 is 5.73 Å². The summed E-state index contributed by atoms with van der Waals surface area (Å²) in [5.74, 6) is -0.574. The van der Waals surface area contributed by atoms with Crippen LogP contribution >= 0.6 is 0 Å². The zero-order chi connectivity index (χ0) is 16.3. The molecule has 22 heavy (non-hydrogen) atoms. The van der Waals surface area contributed by atoms with Gasteiger partial charge in [0.05, 0.1) is 16.6 Å². The Bertz CT molecular complexity index is 807. The summed E-state index contributed by atoms with van der Waals surface area (Å²) >= 11 is 0. The number of hydrogen-bond acceptors (Lipinski definition) is 4. The molecule has 0 aliphatic rings. The zero-order valence-corrected chi connectivity index (χ0v) is 11.9. The first-order valence-electron chi connectivity index (χ1n) is 6.49. The third kappa shape index (κ3) is 2.94. The molecule has 0 bridgehead atoms. The van der Waals surface area contributed by atoms with E-state index in [0.29, 0.717) is 16.7 Å². The number of primary amides is 1. The van der Waals surface area contributed by atoms with Crippen molar-refractivity contribution in [1.82, 2.24) is 0 Å². The molecule has 110 valence electrons. The van der Waals surface area contributed by atoms with Crippen LogP contribution in [-0.2, 0) is 6.42 Å². The number of nitro groups is 1. The Morgan fingerprint density at radius 3 is 2.68 bits per heavy atom. The minimum Gasteiger partial charge on any atom is -0.366 e. The molecule has 0 aliphatic carbocycles. The number of nitriles is 1. The lowest BCUT2D eigenvalue weighted by Crippen LogP contribution is -2.15. The van der Waals surface area contributed by atoms with Gasteiger partial charge in [-0.25, -0.2) is 0 Å². The number of nitrogens with zero attached hydrogens (tertiary/aromatic N) is 2. The first-order valence-corrected chi connectivity index (χ1v) is 6.49. The second-order valence-corrected chi connectivity index (χ2v) is 4.85. The van der Waals surface area contributed by atoms with Crippen LogP contribution in [0.4, 0.5) is 5.69 Å². The van der Waals surface area contributed by atoms with Gasteiger partial charge in [-0.05, 0) is 30.2 Å². The smallest absolute Gasteiger partial charge is 0.274 e. The van der Waals surface area contributed by atoms with E-state index in [1.165, 1.54) is 18.2 Å². The van der Waals surface area contributed by atoms with Gasteiger partial charge in [0.1, 0.15) is 0 Å². The Balaban J connectivity index is 2.55. The lowest BCUT2D eigenvalue weighted by Gasteiger charge is -2.11. The number of carbonyl (C=O) groups excluding carboxylic acids is 1. The second kappa shape index (κ2) is 6.06. The standard InChI is InChI=1S/C16H13N3O3/c1-10-3-2-4-13(16(18)20)14(10)8-12-6-5-11(9-17)7-15(12)19(21)22/h2-7H,8H2,1H3,(H2,18,20). The van der Waals surface area contributed by atoms with Crippen LogP contribution in [0.3, 0.4) is 0 Å². The molecule has 2 N–H and O–H groups in total. The van der Waals surface area contributed by atoms with Gasteiger partial charge in [-0.3, -0.25) is 14.9 Å². The number of nitrogens with two attached hydrogens (primary N) is 1. The molecule has 2 aromatic rings. The first-order chi connectivity index (χ1) is 10.4. The van der Waals surface area contributed by atoms with E-state index >= 15 is 0 Å². The minimum absolute atomic E-state index is 0.141. The Kier molecular flexibility index (Phi) is 4.18. The van der Waals surface area contributed by atoms with Gasteiger partial charge in [-0.15, -0.1) is 0 Å². The van der Waals surface area contributed by atoms with Crippen molar-refractivity contribution in [2.45, 2.75) is 13.3 Å². The molecular weight excluding hydrogens is 282 g/mol. The van der Waals surface area contributed by atoms with Crippen LogP contribution in [-0.4, -0.2) is 10.8 Å². The van der Waals surface area contributed by atoms with E-state index in [-0.39, 0.29) is 17.7 Å². The predicted molar refractivity (Wildman–Crippen MR) is 80.3 cm³/mol. The molecule has 0 aliphatic heterocycles. The molecular formula is C16H13N3O3. The quantitative estimate of drug-likeness (QED) is 0.689. The Labute approximate surface area is 126 Å². The third-order valence-electron chi connectivity index (χ3n) is 3.45. The molecule has 0 saturated heterocycles. The van der Waals surface area contributed by atoms with E-state index in [9.17, 15) is 14.9 Å². The highest BCUT2D eigenvalue weighted by Crippen LogP contribution is 2.26. The number of aryl methyl sites for hydroxylation is 1. The van der Waals surface area contributed by atoms with Crippen LogP contribution in [0.15, 0.2) is 36.4 Å².